The average Bonchev–Trinajstić information content (AvgIpc) is 3.38. The molecule has 1 atom stereocenters. The number of anilines is 2. The highest BCUT2D eigenvalue weighted by molar-refractivity contribution is 8.01. The molecular weight excluding hydrogens is 476 g/mol. The summed E-state index contributed by atoms with van der Waals surface area (Å²) in [5, 5.41) is 15.2. The van der Waals surface area contributed by atoms with Crippen molar-refractivity contribution in [3.05, 3.63) is 60.2 Å². The number of thioether (sulfide) groups is 1. The van der Waals surface area contributed by atoms with Crippen molar-refractivity contribution in [3.8, 4) is 5.75 Å². The average molecular weight is 499 g/mol. The Bertz CT molecular complexity index is 1200. The van der Waals surface area contributed by atoms with Crippen molar-refractivity contribution in [2.45, 2.75) is 23.7 Å². The monoisotopic (exact) mass is 498 g/mol. The van der Waals surface area contributed by atoms with Gasteiger partial charge < -0.3 is 15.4 Å². The summed E-state index contributed by atoms with van der Waals surface area (Å²) in [5.41, 5.74) is 2.51. The van der Waals surface area contributed by atoms with E-state index in [2.05, 4.69) is 26.3 Å². The number of carbonyl (C=O) groups is 3. The first kappa shape index (κ1) is 23.5. The quantitative estimate of drug-likeness (QED) is 0.303. The molecule has 1 unspecified atom stereocenters. The summed E-state index contributed by atoms with van der Waals surface area (Å²) >= 11 is 2.42. The van der Waals surface area contributed by atoms with E-state index >= 15 is 0 Å². The standard InChI is InChI=1S/C22H22N6O4S2/c1-3-32-16-12-8-7-11-15(16)23-19-25-26-21(34-19)33-13-17(29)27-28-18(30)22(2,24-20(28)31)14-9-5-4-6-10-14/h4-12H,3,13H2,1-2H3,(H,23,25)(H,24,31)(H,27,29). The van der Waals surface area contributed by atoms with Gasteiger partial charge in [-0.2, -0.15) is 5.01 Å². The Labute approximate surface area is 204 Å². The smallest absolute Gasteiger partial charge is 0.344 e. The maximum Gasteiger partial charge on any atom is 0.344 e. The minimum absolute atomic E-state index is 0.0523. The molecule has 1 aliphatic heterocycles. The topological polar surface area (TPSA) is 126 Å². The highest BCUT2D eigenvalue weighted by Crippen LogP contribution is 2.32. The molecule has 1 aliphatic rings. The van der Waals surface area contributed by atoms with Crippen LogP contribution < -0.4 is 20.8 Å². The van der Waals surface area contributed by atoms with Crippen LogP contribution in [0.1, 0.15) is 19.4 Å². The van der Waals surface area contributed by atoms with Crippen LogP contribution in [0, 0.1) is 0 Å². The van der Waals surface area contributed by atoms with E-state index in [0.29, 0.717) is 32.4 Å². The molecule has 10 nitrogen and oxygen atoms in total. The van der Waals surface area contributed by atoms with E-state index in [1.54, 1.807) is 31.2 Å². The summed E-state index contributed by atoms with van der Waals surface area (Å²) in [6.07, 6.45) is 0. The largest absolute Gasteiger partial charge is 0.492 e. The summed E-state index contributed by atoms with van der Waals surface area (Å²) in [4.78, 5) is 37.7. The first-order valence-corrected chi connectivity index (χ1v) is 12.2. The molecule has 1 saturated heterocycles. The summed E-state index contributed by atoms with van der Waals surface area (Å²) in [7, 11) is 0. The van der Waals surface area contributed by atoms with Gasteiger partial charge in [-0.15, -0.1) is 10.2 Å². The molecule has 3 aromatic rings. The molecule has 0 bridgehead atoms. The number of urea groups is 1. The van der Waals surface area contributed by atoms with Crippen LogP contribution in [0.5, 0.6) is 5.75 Å². The SMILES string of the molecule is CCOc1ccccc1Nc1nnc(SCC(=O)NN2C(=O)NC(C)(c3ccccc3)C2=O)s1. The molecule has 0 aliphatic carbocycles. The maximum absolute atomic E-state index is 12.9. The van der Waals surface area contributed by atoms with Crippen LogP contribution in [0.25, 0.3) is 0 Å². The number of benzene rings is 2. The van der Waals surface area contributed by atoms with Gasteiger partial charge in [0.1, 0.15) is 11.3 Å². The van der Waals surface area contributed by atoms with Gasteiger partial charge in [-0.1, -0.05) is 65.6 Å². The molecule has 34 heavy (non-hydrogen) atoms. The fourth-order valence-electron chi connectivity index (χ4n) is 3.28. The molecule has 2 heterocycles. The van der Waals surface area contributed by atoms with Crippen molar-refractivity contribution in [1.82, 2.24) is 25.9 Å². The molecule has 3 N–H and O–H groups in total. The second-order valence-corrected chi connectivity index (χ2v) is 9.51. The molecule has 4 rings (SSSR count). The van der Waals surface area contributed by atoms with Crippen molar-refractivity contribution in [2.75, 3.05) is 17.7 Å². The molecule has 4 amide bonds. The van der Waals surface area contributed by atoms with E-state index in [9.17, 15) is 14.4 Å². The van der Waals surface area contributed by atoms with Gasteiger partial charge in [0.05, 0.1) is 18.0 Å². The highest BCUT2D eigenvalue weighted by atomic mass is 32.2. The number of hydrogen-bond donors (Lipinski definition) is 3. The van der Waals surface area contributed by atoms with Crippen LogP contribution in [0.4, 0.5) is 15.6 Å². The van der Waals surface area contributed by atoms with E-state index in [1.165, 1.54) is 11.3 Å². The van der Waals surface area contributed by atoms with Crippen LogP contribution in [0.3, 0.4) is 0 Å². The van der Waals surface area contributed by atoms with Crippen LogP contribution in [0.2, 0.25) is 0 Å². The number of hydrazine groups is 1. The van der Waals surface area contributed by atoms with Crippen molar-refractivity contribution < 1.29 is 19.1 Å². The summed E-state index contributed by atoms with van der Waals surface area (Å²) in [6, 6.07) is 15.6. The number of aromatic nitrogens is 2. The lowest BCUT2D eigenvalue weighted by molar-refractivity contribution is -0.138. The van der Waals surface area contributed by atoms with Crippen LogP contribution in [-0.2, 0) is 15.1 Å². The molecular formula is C22H22N6O4S2. The first-order chi connectivity index (χ1) is 16.4. The number of imide groups is 1. The van der Waals surface area contributed by atoms with E-state index < -0.39 is 23.4 Å². The minimum Gasteiger partial charge on any atom is -0.492 e. The third-order valence-electron chi connectivity index (χ3n) is 4.94. The van der Waals surface area contributed by atoms with Crippen molar-refractivity contribution in [2.24, 2.45) is 0 Å². The highest BCUT2D eigenvalue weighted by Gasteiger charge is 2.49. The number of rotatable bonds is 9. The lowest BCUT2D eigenvalue weighted by Gasteiger charge is -2.22. The van der Waals surface area contributed by atoms with Crippen LogP contribution >= 0.6 is 23.1 Å². The Kier molecular flexibility index (Phi) is 6.98. The normalized spacial score (nSPS) is 17.4. The summed E-state index contributed by atoms with van der Waals surface area (Å²) in [5.74, 6) is -0.428. The van der Waals surface area contributed by atoms with Crippen molar-refractivity contribution >= 4 is 51.8 Å². The molecule has 2 aromatic carbocycles. The van der Waals surface area contributed by atoms with Gasteiger partial charge in [-0.05, 0) is 31.5 Å². The van der Waals surface area contributed by atoms with Crippen molar-refractivity contribution in [1.29, 1.82) is 0 Å². The molecule has 0 spiro atoms. The van der Waals surface area contributed by atoms with Crippen molar-refractivity contribution in [3.63, 3.8) is 0 Å². The van der Waals surface area contributed by atoms with Gasteiger partial charge in [0.25, 0.3) is 5.91 Å². The zero-order valence-corrected chi connectivity index (χ0v) is 20.0. The number of nitrogens with zero attached hydrogens (tertiary/aromatic N) is 3. The number of nitrogens with one attached hydrogen (secondary N) is 3. The maximum atomic E-state index is 12.9. The van der Waals surface area contributed by atoms with E-state index in [0.717, 1.165) is 17.4 Å². The number of ether oxygens (including phenoxy) is 1. The first-order valence-electron chi connectivity index (χ1n) is 10.4. The van der Waals surface area contributed by atoms with Gasteiger partial charge in [0.15, 0.2) is 4.34 Å². The fraction of sp³-hybridized carbons (Fsp3) is 0.227. The Morgan fingerprint density at radius 3 is 2.65 bits per heavy atom. The Balaban J connectivity index is 1.33. The van der Waals surface area contributed by atoms with Gasteiger partial charge in [-0.3, -0.25) is 15.0 Å². The zero-order valence-electron chi connectivity index (χ0n) is 18.4. The summed E-state index contributed by atoms with van der Waals surface area (Å²) in [6.45, 7) is 4.04. The zero-order chi connectivity index (χ0) is 24.1. The second-order valence-electron chi connectivity index (χ2n) is 7.31. The van der Waals surface area contributed by atoms with E-state index in [4.69, 9.17) is 4.74 Å². The number of hydrogen-bond acceptors (Lipinski definition) is 9. The minimum atomic E-state index is -1.25. The van der Waals surface area contributed by atoms with Gasteiger partial charge in [0, 0.05) is 0 Å². The van der Waals surface area contributed by atoms with E-state index in [-0.39, 0.29) is 5.75 Å². The van der Waals surface area contributed by atoms with Crippen LogP contribution in [-0.4, -0.2) is 45.4 Å². The lowest BCUT2D eigenvalue weighted by atomic mass is 9.92. The van der Waals surface area contributed by atoms with E-state index in [1.807, 2.05) is 37.3 Å². The fourth-order valence-corrected chi connectivity index (χ4v) is 4.83. The Hall–Kier alpha value is -3.64. The second kappa shape index (κ2) is 10.1. The Morgan fingerprint density at radius 2 is 1.88 bits per heavy atom. The third-order valence-corrected chi connectivity index (χ3v) is 6.91. The van der Waals surface area contributed by atoms with Gasteiger partial charge >= 0.3 is 6.03 Å². The van der Waals surface area contributed by atoms with Gasteiger partial charge in [-0.25, -0.2) is 4.79 Å². The molecule has 176 valence electrons. The number of carbonyl (C=O) groups excluding carboxylic acids is 3. The Morgan fingerprint density at radius 1 is 1.15 bits per heavy atom. The summed E-state index contributed by atoms with van der Waals surface area (Å²) < 4.78 is 6.14. The molecule has 0 radical (unpaired) electrons. The molecule has 0 saturated carbocycles. The van der Waals surface area contributed by atoms with Crippen LogP contribution in [0.15, 0.2) is 58.9 Å². The third kappa shape index (κ3) is 4.97. The predicted octanol–water partition coefficient (Wildman–Crippen LogP) is 3.27. The molecule has 1 aromatic heterocycles. The predicted molar refractivity (Wildman–Crippen MR) is 129 cm³/mol. The lowest BCUT2D eigenvalue weighted by Crippen LogP contribution is -2.48. The number of amides is 4. The number of para-hydroxylation sites is 2. The molecule has 1 fully saturated rings. The molecule has 12 heteroatoms. The van der Waals surface area contributed by atoms with Gasteiger partial charge in [0.2, 0.25) is 11.0 Å².